The highest BCUT2D eigenvalue weighted by atomic mass is 79.9. The van der Waals surface area contributed by atoms with Crippen LogP contribution in [-0.4, -0.2) is 31.4 Å². The molecule has 4 rings (SSSR count). The fourth-order valence-electron chi connectivity index (χ4n) is 2.83. The van der Waals surface area contributed by atoms with Gasteiger partial charge in [0.25, 0.3) is 0 Å². The molecule has 150 valence electrons. The van der Waals surface area contributed by atoms with Crippen LogP contribution in [0.4, 0.5) is 5.69 Å². The second-order valence-electron chi connectivity index (χ2n) is 6.56. The normalized spacial score (nSPS) is 10.7. The lowest BCUT2D eigenvalue weighted by Crippen LogP contribution is -2.14. The Morgan fingerprint density at radius 3 is 2.53 bits per heavy atom. The number of benzene rings is 2. The Hall–Kier alpha value is -2.97. The van der Waals surface area contributed by atoms with Gasteiger partial charge in [0.1, 0.15) is 0 Å². The topological polar surface area (TPSA) is 72.7 Å². The summed E-state index contributed by atoms with van der Waals surface area (Å²) in [6, 6.07) is 19.4. The van der Waals surface area contributed by atoms with Crippen molar-refractivity contribution in [2.75, 3.05) is 11.1 Å². The molecular weight excluding hydrogens is 462 g/mol. The van der Waals surface area contributed by atoms with Crippen molar-refractivity contribution in [2.45, 2.75) is 12.1 Å². The molecule has 0 bridgehead atoms. The predicted octanol–water partition coefficient (Wildman–Crippen LogP) is 5.13. The van der Waals surface area contributed by atoms with Gasteiger partial charge in [0.2, 0.25) is 5.91 Å². The van der Waals surface area contributed by atoms with Gasteiger partial charge in [-0.25, -0.2) is 0 Å². The number of thioether (sulfide) groups is 1. The molecule has 0 radical (unpaired) electrons. The van der Waals surface area contributed by atoms with Crippen LogP contribution >= 0.6 is 27.7 Å². The first-order valence-corrected chi connectivity index (χ1v) is 11.0. The average Bonchev–Trinajstić information content (AvgIpc) is 3.19. The molecule has 30 heavy (non-hydrogen) atoms. The summed E-state index contributed by atoms with van der Waals surface area (Å²) in [7, 11) is 0. The van der Waals surface area contributed by atoms with Crippen LogP contribution in [0.2, 0.25) is 0 Å². The maximum Gasteiger partial charge on any atom is 0.234 e. The minimum absolute atomic E-state index is 0.0999. The maximum atomic E-state index is 12.4. The Labute approximate surface area is 186 Å². The molecule has 0 aliphatic carbocycles. The molecule has 0 unspecified atom stereocenters. The Morgan fingerprint density at radius 1 is 1.07 bits per heavy atom. The summed E-state index contributed by atoms with van der Waals surface area (Å²) in [5.74, 6) is 0.791. The number of nitrogens with one attached hydrogen (secondary N) is 1. The maximum absolute atomic E-state index is 12.4. The summed E-state index contributed by atoms with van der Waals surface area (Å²) in [4.78, 5) is 16.6. The SMILES string of the molecule is Cc1ccc(NC(=O)CSc2nnc(-c3cccnc3)n2-c2ccc(Br)cc2)cc1. The van der Waals surface area contributed by atoms with Crippen molar-refractivity contribution in [3.05, 3.63) is 83.1 Å². The number of halogens is 1. The molecule has 0 fully saturated rings. The number of hydrogen-bond donors (Lipinski definition) is 1. The van der Waals surface area contributed by atoms with Gasteiger partial charge in [0, 0.05) is 33.8 Å². The minimum Gasteiger partial charge on any atom is -0.325 e. The number of rotatable bonds is 6. The van der Waals surface area contributed by atoms with Crippen LogP contribution < -0.4 is 5.32 Å². The van der Waals surface area contributed by atoms with Gasteiger partial charge in [-0.1, -0.05) is 45.4 Å². The number of aryl methyl sites for hydroxylation is 1. The smallest absolute Gasteiger partial charge is 0.234 e. The van der Waals surface area contributed by atoms with E-state index >= 15 is 0 Å². The van der Waals surface area contributed by atoms with Crippen LogP contribution in [0.15, 0.2) is 82.7 Å². The average molecular weight is 480 g/mol. The molecule has 0 atom stereocenters. The van der Waals surface area contributed by atoms with E-state index in [1.54, 1.807) is 12.4 Å². The van der Waals surface area contributed by atoms with E-state index in [9.17, 15) is 4.79 Å². The number of carbonyl (C=O) groups excluding carboxylic acids is 1. The van der Waals surface area contributed by atoms with Crippen LogP contribution in [-0.2, 0) is 4.79 Å². The zero-order valence-electron chi connectivity index (χ0n) is 16.1. The van der Waals surface area contributed by atoms with Crippen LogP contribution in [0.1, 0.15) is 5.56 Å². The Balaban J connectivity index is 1.58. The molecule has 0 aliphatic heterocycles. The van der Waals surface area contributed by atoms with Gasteiger partial charge in [-0.15, -0.1) is 10.2 Å². The van der Waals surface area contributed by atoms with Crippen LogP contribution in [0.25, 0.3) is 17.1 Å². The first-order valence-electron chi connectivity index (χ1n) is 9.21. The predicted molar refractivity (Wildman–Crippen MR) is 123 cm³/mol. The number of nitrogens with zero attached hydrogens (tertiary/aromatic N) is 4. The fourth-order valence-corrected chi connectivity index (χ4v) is 3.85. The second-order valence-corrected chi connectivity index (χ2v) is 8.42. The number of aromatic nitrogens is 4. The molecule has 0 saturated carbocycles. The molecule has 8 heteroatoms. The van der Waals surface area contributed by atoms with Gasteiger partial charge < -0.3 is 5.32 Å². The highest BCUT2D eigenvalue weighted by molar-refractivity contribution is 9.10. The molecule has 0 spiro atoms. The van der Waals surface area contributed by atoms with E-state index in [-0.39, 0.29) is 11.7 Å². The fraction of sp³-hybridized carbons (Fsp3) is 0.0909. The molecular formula is C22H18BrN5OS. The number of carbonyl (C=O) groups is 1. The van der Waals surface area contributed by atoms with Crippen molar-refractivity contribution >= 4 is 39.3 Å². The van der Waals surface area contributed by atoms with E-state index in [1.165, 1.54) is 11.8 Å². The van der Waals surface area contributed by atoms with Crippen LogP contribution in [0, 0.1) is 6.92 Å². The molecule has 0 saturated heterocycles. The summed E-state index contributed by atoms with van der Waals surface area (Å²) < 4.78 is 2.92. The van der Waals surface area contributed by atoms with E-state index in [4.69, 9.17) is 0 Å². The molecule has 2 aromatic heterocycles. The van der Waals surface area contributed by atoms with Gasteiger partial charge >= 0.3 is 0 Å². The summed E-state index contributed by atoms with van der Waals surface area (Å²) in [6.45, 7) is 2.01. The minimum atomic E-state index is -0.0999. The van der Waals surface area contributed by atoms with E-state index < -0.39 is 0 Å². The second kappa shape index (κ2) is 9.23. The quantitative estimate of drug-likeness (QED) is 0.388. The van der Waals surface area contributed by atoms with E-state index in [2.05, 4.69) is 36.4 Å². The lowest BCUT2D eigenvalue weighted by molar-refractivity contribution is -0.113. The zero-order chi connectivity index (χ0) is 20.9. The van der Waals surface area contributed by atoms with E-state index in [0.29, 0.717) is 11.0 Å². The number of pyridine rings is 1. The largest absolute Gasteiger partial charge is 0.325 e. The third-order valence-electron chi connectivity index (χ3n) is 4.31. The number of amides is 1. The first-order chi connectivity index (χ1) is 14.6. The van der Waals surface area contributed by atoms with E-state index in [1.807, 2.05) is 72.2 Å². The first kappa shape index (κ1) is 20.3. The van der Waals surface area contributed by atoms with Gasteiger partial charge in [-0.05, 0) is 55.5 Å². The van der Waals surface area contributed by atoms with Crippen molar-refractivity contribution in [3.63, 3.8) is 0 Å². The third kappa shape index (κ3) is 4.77. The van der Waals surface area contributed by atoms with Crippen molar-refractivity contribution in [1.29, 1.82) is 0 Å². The summed E-state index contributed by atoms with van der Waals surface area (Å²) >= 11 is 4.81. The standard InChI is InChI=1S/C22H18BrN5OS/c1-15-4-8-18(9-5-15)25-20(29)14-30-22-27-26-21(16-3-2-12-24-13-16)28(22)19-10-6-17(23)7-11-19/h2-13H,14H2,1H3,(H,25,29). The zero-order valence-corrected chi connectivity index (χ0v) is 18.5. The van der Waals surface area contributed by atoms with Crippen molar-refractivity contribution in [2.24, 2.45) is 0 Å². The van der Waals surface area contributed by atoms with Gasteiger partial charge in [0.05, 0.1) is 5.75 Å². The molecule has 6 nitrogen and oxygen atoms in total. The summed E-state index contributed by atoms with van der Waals surface area (Å²) in [5, 5.41) is 12.2. The lowest BCUT2D eigenvalue weighted by atomic mass is 10.2. The molecule has 0 aliphatic rings. The van der Waals surface area contributed by atoms with Gasteiger partial charge in [-0.2, -0.15) is 0 Å². The molecule has 2 heterocycles. The Morgan fingerprint density at radius 2 is 1.83 bits per heavy atom. The highest BCUT2D eigenvalue weighted by Crippen LogP contribution is 2.28. The third-order valence-corrected chi connectivity index (χ3v) is 5.76. The van der Waals surface area contributed by atoms with Crippen molar-refractivity contribution < 1.29 is 4.79 Å². The summed E-state index contributed by atoms with van der Waals surface area (Å²) in [6.07, 6.45) is 3.47. The van der Waals surface area contributed by atoms with Crippen molar-refractivity contribution in [1.82, 2.24) is 19.7 Å². The van der Waals surface area contributed by atoms with Gasteiger partial charge in [-0.3, -0.25) is 14.3 Å². The Bertz CT molecular complexity index is 1140. The Kier molecular flexibility index (Phi) is 6.25. The number of anilines is 1. The van der Waals surface area contributed by atoms with Gasteiger partial charge in [0.15, 0.2) is 11.0 Å². The molecule has 1 N–H and O–H groups in total. The van der Waals surface area contributed by atoms with Crippen LogP contribution in [0.3, 0.4) is 0 Å². The summed E-state index contributed by atoms with van der Waals surface area (Å²) in [5.41, 5.74) is 3.68. The lowest BCUT2D eigenvalue weighted by Gasteiger charge is -2.10. The molecule has 2 aromatic carbocycles. The molecule has 4 aromatic rings. The highest BCUT2D eigenvalue weighted by Gasteiger charge is 2.17. The van der Waals surface area contributed by atoms with E-state index in [0.717, 1.165) is 27.0 Å². The monoisotopic (exact) mass is 479 g/mol. The van der Waals surface area contributed by atoms with Crippen LogP contribution in [0.5, 0.6) is 0 Å². The number of hydrogen-bond acceptors (Lipinski definition) is 5. The molecule has 1 amide bonds. The van der Waals surface area contributed by atoms with Crippen molar-refractivity contribution in [3.8, 4) is 17.1 Å².